The van der Waals surface area contributed by atoms with Gasteiger partial charge in [0.05, 0.1) is 19.8 Å². The van der Waals surface area contributed by atoms with Crippen molar-refractivity contribution >= 4 is 40.6 Å². The average Bonchev–Trinajstić information content (AvgIpc) is 3.40. The summed E-state index contributed by atoms with van der Waals surface area (Å²) in [4.78, 5) is 33.6. The standard InChI is InChI=1S/C27H31ClN4O3S/c28-23-8-4-9-24(18-23)29-27(34)31(12-11-30-13-15-35-16-14-30)21-26(33)32(20-25-10-5-17-36-25)19-22-6-2-1-3-7-22/h1-10,17-18H,11-16,19-21H2,(H,29,34). The Bertz CT molecular complexity index is 1110. The minimum atomic E-state index is -0.324. The van der Waals surface area contributed by atoms with E-state index in [1.807, 2.05) is 52.7 Å². The van der Waals surface area contributed by atoms with Crippen LogP contribution in [0, 0.1) is 0 Å². The Hall–Kier alpha value is -2.91. The SMILES string of the molecule is O=C(CN(CCN1CCOCC1)C(=O)Nc1cccc(Cl)c1)N(Cc1ccccc1)Cc1cccs1. The smallest absolute Gasteiger partial charge is 0.322 e. The monoisotopic (exact) mass is 526 g/mol. The molecule has 7 nitrogen and oxygen atoms in total. The van der Waals surface area contributed by atoms with Crippen LogP contribution in [0.25, 0.3) is 0 Å². The number of hydrogen-bond acceptors (Lipinski definition) is 5. The van der Waals surface area contributed by atoms with Crippen molar-refractivity contribution in [3.05, 3.63) is 87.6 Å². The molecule has 1 aliphatic heterocycles. The van der Waals surface area contributed by atoms with Crippen molar-refractivity contribution in [2.24, 2.45) is 0 Å². The van der Waals surface area contributed by atoms with E-state index >= 15 is 0 Å². The molecule has 36 heavy (non-hydrogen) atoms. The molecule has 1 fully saturated rings. The lowest BCUT2D eigenvalue weighted by atomic mass is 10.2. The number of rotatable bonds is 10. The van der Waals surface area contributed by atoms with Crippen LogP contribution in [0.2, 0.25) is 5.02 Å². The number of morpholine rings is 1. The quantitative estimate of drug-likeness (QED) is 0.412. The van der Waals surface area contributed by atoms with Crippen molar-refractivity contribution < 1.29 is 14.3 Å². The van der Waals surface area contributed by atoms with Crippen molar-refractivity contribution in [3.8, 4) is 0 Å². The van der Waals surface area contributed by atoms with E-state index in [0.29, 0.717) is 50.1 Å². The van der Waals surface area contributed by atoms with Gasteiger partial charge in [-0.2, -0.15) is 0 Å². The van der Waals surface area contributed by atoms with Gasteiger partial charge in [0.1, 0.15) is 6.54 Å². The van der Waals surface area contributed by atoms with Crippen LogP contribution >= 0.6 is 22.9 Å². The van der Waals surface area contributed by atoms with Crippen LogP contribution in [-0.2, 0) is 22.6 Å². The molecule has 9 heteroatoms. The third-order valence-electron chi connectivity index (χ3n) is 5.97. The van der Waals surface area contributed by atoms with Crippen LogP contribution in [0.3, 0.4) is 0 Å². The maximum absolute atomic E-state index is 13.6. The second-order valence-corrected chi connectivity index (χ2v) is 10.1. The fourth-order valence-electron chi connectivity index (χ4n) is 4.00. The van der Waals surface area contributed by atoms with Crippen LogP contribution in [-0.4, -0.2) is 72.6 Å². The predicted octanol–water partition coefficient (Wildman–Crippen LogP) is 4.80. The predicted molar refractivity (Wildman–Crippen MR) is 144 cm³/mol. The molecule has 4 rings (SSSR count). The number of nitrogens with one attached hydrogen (secondary N) is 1. The molecule has 0 spiro atoms. The van der Waals surface area contributed by atoms with E-state index in [0.717, 1.165) is 23.5 Å². The molecule has 0 unspecified atom stereocenters. The van der Waals surface area contributed by atoms with Gasteiger partial charge in [-0.05, 0) is 35.2 Å². The van der Waals surface area contributed by atoms with Crippen LogP contribution in [0.4, 0.5) is 10.5 Å². The Labute approximate surface area is 221 Å². The summed E-state index contributed by atoms with van der Waals surface area (Å²) < 4.78 is 5.44. The highest BCUT2D eigenvalue weighted by atomic mass is 35.5. The zero-order valence-electron chi connectivity index (χ0n) is 20.1. The first-order valence-electron chi connectivity index (χ1n) is 12.0. The van der Waals surface area contributed by atoms with Gasteiger partial charge < -0.3 is 19.9 Å². The number of urea groups is 1. The van der Waals surface area contributed by atoms with Gasteiger partial charge in [0.2, 0.25) is 5.91 Å². The summed E-state index contributed by atoms with van der Waals surface area (Å²) in [5.74, 6) is -0.101. The minimum Gasteiger partial charge on any atom is -0.379 e. The molecule has 0 atom stereocenters. The Kier molecular flexibility index (Phi) is 9.75. The van der Waals surface area contributed by atoms with E-state index in [2.05, 4.69) is 10.2 Å². The molecule has 1 N–H and O–H groups in total. The zero-order chi connectivity index (χ0) is 25.2. The second kappa shape index (κ2) is 13.4. The molecule has 190 valence electrons. The highest BCUT2D eigenvalue weighted by Crippen LogP contribution is 2.17. The lowest BCUT2D eigenvalue weighted by Crippen LogP contribution is -2.48. The average molecular weight is 527 g/mol. The molecular weight excluding hydrogens is 496 g/mol. The van der Waals surface area contributed by atoms with Crippen LogP contribution in [0.15, 0.2) is 72.1 Å². The molecule has 2 aromatic carbocycles. The maximum Gasteiger partial charge on any atom is 0.322 e. The normalized spacial score (nSPS) is 13.8. The highest BCUT2D eigenvalue weighted by molar-refractivity contribution is 7.09. The van der Waals surface area contributed by atoms with E-state index < -0.39 is 0 Å². The molecule has 0 radical (unpaired) electrons. The molecule has 0 bridgehead atoms. The summed E-state index contributed by atoms with van der Waals surface area (Å²) in [5, 5.41) is 5.44. The molecule has 0 aliphatic carbocycles. The number of anilines is 1. The van der Waals surface area contributed by atoms with E-state index in [1.54, 1.807) is 40.5 Å². The van der Waals surface area contributed by atoms with Crippen LogP contribution < -0.4 is 5.32 Å². The van der Waals surface area contributed by atoms with Crippen LogP contribution in [0.5, 0.6) is 0 Å². The van der Waals surface area contributed by atoms with Crippen molar-refractivity contribution in [3.63, 3.8) is 0 Å². The summed E-state index contributed by atoms with van der Waals surface area (Å²) in [5.41, 5.74) is 1.64. The second-order valence-electron chi connectivity index (χ2n) is 8.63. The Morgan fingerprint density at radius 1 is 0.972 bits per heavy atom. The Balaban J connectivity index is 1.48. The van der Waals surface area contributed by atoms with Gasteiger partial charge >= 0.3 is 6.03 Å². The largest absolute Gasteiger partial charge is 0.379 e. The first-order chi connectivity index (χ1) is 17.6. The summed E-state index contributed by atoms with van der Waals surface area (Å²) >= 11 is 7.72. The molecule has 1 aliphatic rings. The van der Waals surface area contributed by atoms with Gasteiger partial charge in [0, 0.05) is 48.3 Å². The molecule has 3 amide bonds. The number of carbonyl (C=O) groups is 2. The Morgan fingerprint density at radius 3 is 2.50 bits per heavy atom. The number of nitrogens with zero attached hydrogens (tertiary/aromatic N) is 3. The molecule has 1 saturated heterocycles. The number of hydrogen-bond donors (Lipinski definition) is 1. The van der Waals surface area contributed by atoms with Crippen LogP contribution in [0.1, 0.15) is 10.4 Å². The molecule has 2 heterocycles. The number of halogens is 1. The molecule has 1 aromatic heterocycles. The summed E-state index contributed by atoms with van der Waals surface area (Å²) in [6.45, 7) is 5.04. The van der Waals surface area contributed by atoms with Crippen molar-refractivity contribution in [1.29, 1.82) is 0 Å². The van der Waals surface area contributed by atoms with Gasteiger partial charge in [-0.1, -0.05) is 54.1 Å². The van der Waals surface area contributed by atoms with Gasteiger partial charge in [-0.25, -0.2) is 4.79 Å². The number of carbonyl (C=O) groups excluding carboxylic acids is 2. The van der Waals surface area contributed by atoms with Gasteiger partial charge in [0.25, 0.3) is 0 Å². The minimum absolute atomic E-state index is 0.0189. The van der Waals surface area contributed by atoms with E-state index in [9.17, 15) is 9.59 Å². The molecule has 3 aromatic rings. The van der Waals surface area contributed by atoms with Crippen molar-refractivity contribution in [2.45, 2.75) is 13.1 Å². The van der Waals surface area contributed by atoms with Crippen molar-refractivity contribution in [1.82, 2.24) is 14.7 Å². The van der Waals surface area contributed by atoms with E-state index in [1.165, 1.54) is 0 Å². The number of ether oxygens (including phenoxy) is 1. The summed E-state index contributed by atoms with van der Waals surface area (Å²) in [6.07, 6.45) is 0. The summed E-state index contributed by atoms with van der Waals surface area (Å²) in [7, 11) is 0. The van der Waals surface area contributed by atoms with E-state index in [4.69, 9.17) is 16.3 Å². The maximum atomic E-state index is 13.6. The molecular formula is C27H31ClN4O3S. The first-order valence-corrected chi connectivity index (χ1v) is 13.3. The molecule has 0 saturated carbocycles. The topological polar surface area (TPSA) is 65.1 Å². The lowest BCUT2D eigenvalue weighted by Gasteiger charge is -2.31. The number of thiophene rings is 1. The fraction of sp³-hybridized carbons (Fsp3) is 0.333. The fourth-order valence-corrected chi connectivity index (χ4v) is 4.91. The van der Waals surface area contributed by atoms with Crippen molar-refractivity contribution in [2.75, 3.05) is 51.3 Å². The zero-order valence-corrected chi connectivity index (χ0v) is 21.7. The third-order valence-corrected chi connectivity index (χ3v) is 7.07. The van der Waals surface area contributed by atoms with Gasteiger partial charge in [-0.3, -0.25) is 9.69 Å². The summed E-state index contributed by atoms with van der Waals surface area (Å²) in [6, 6.07) is 20.6. The van der Waals surface area contributed by atoms with Gasteiger partial charge in [0.15, 0.2) is 0 Å². The number of benzene rings is 2. The van der Waals surface area contributed by atoms with Gasteiger partial charge in [-0.15, -0.1) is 11.3 Å². The highest BCUT2D eigenvalue weighted by Gasteiger charge is 2.23. The number of amides is 3. The Morgan fingerprint density at radius 2 is 1.78 bits per heavy atom. The lowest BCUT2D eigenvalue weighted by molar-refractivity contribution is -0.133. The van der Waals surface area contributed by atoms with E-state index in [-0.39, 0.29) is 18.5 Å². The first kappa shape index (κ1) is 26.2. The third kappa shape index (κ3) is 8.06.